The Hall–Kier alpha value is -1.26. The van der Waals surface area contributed by atoms with Crippen LogP contribution in [-0.2, 0) is 0 Å². The van der Waals surface area contributed by atoms with Crippen LogP contribution >= 0.6 is 0 Å². The molecule has 1 rings (SSSR count). The lowest BCUT2D eigenvalue weighted by Crippen LogP contribution is -2.26. The van der Waals surface area contributed by atoms with Gasteiger partial charge in [0, 0.05) is 12.6 Å². The van der Waals surface area contributed by atoms with E-state index >= 15 is 0 Å². The molecule has 0 amide bonds. The molecule has 0 fully saturated rings. The van der Waals surface area contributed by atoms with E-state index in [1.54, 1.807) is 18.2 Å². The molecule has 1 aromatic carbocycles. The first-order valence-electron chi connectivity index (χ1n) is 6.95. The molecular formula is C15H25NO3. The molecule has 108 valence electrons. The van der Waals surface area contributed by atoms with Crippen LogP contribution in [0.5, 0.6) is 11.5 Å². The summed E-state index contributed by atoms with van der Waals surface area (Å²) >= 11 is 0. The van der Waals surface area contributed by atoms with Crippen molar-refractivity contribution in [1.29, 1.82) is 0 Å². The van der Waals surface area contributed by atoms with Crippen LogP contribution in [0.4, 0.5) is 0 Å². The monoisotopic (exact) mass is 267 g/mol. The highest BCUT2D eigenvalue weighted by Crippen LogP contribution is 2.32. The molecule has 4 nitrogen and oxygen atoms in total. The Morgan fingerprint density at radius 2 is 1.79 bits per heavy atom. The van der Waals surface area contributed by atoms with E-state index in [2.05, 4.69) is 12.2 Å². The standard InChI is InChI=1S/C15H25NO3/c1-3-5-12(8-9-17)10-16-11(2)15-13(18)6-4-7-14(15)19/h4,6-7,11-12,16-19H,3,5,8-10H2,1-2H3. The Bertz CT molecular complexity index is 355. The van der Waals surface area contributed by atoms with Crippen LogP contribution in [0.25, 0.3) is 0 Å². The fraction of sp³-hybridized carbons (Fsp3) is 0.600. The fourth-order valence-electron chi connectivity index (χ4n) is 2.37. The highest BCUT2D eigenvalue weighted by atomic mass is 16.3. The summed E-state index contributed by atoms with van der Waals surface area (Å²) in [6, 6.07) is 4.64. The van der Waals surface area contributed by atoms with E-state index in [9.17, 15) is 10.2 Å². The van der Waals surface area contributed by atoms with Gasteiger partial charge in [-0.2, -0.15) is 0 Å². The van der Waals surface area contributed by atoms with Crippen LogP contribution in [0.3, 0.4) is 0 Å². The van der Waals surface area contributed by atoms with Crippen molar-refractivity contribution < 1.29 is 15.3 Å². The first-order chi connectivity index (χ1) is 9.10. The molecule has 0 saturated carbocycles. The minimum absolute atomic E-state index is 0.106. The van der Waals surface area contributed by atoms with E-state index in [0.717, 1.165) is 25.8 Å². The lowest BCUT2D eigenvalue weighted by molar-refractivity contribution is 0.245. The topological polar surface area (TPSA) is 72.7 Å². The molecular weight excluding hydrogens is 242 g/mol. The smallest absolute Gasteiger partial charge is 0.124 e. The van der Waals surface area contributed by atoms with Crippen molar-refractivity contribution in [2.45, 2.75) is 39.2 Å². The molecule has 4 heteroatoms. The summed E-state index contributed by atoms with van der Waals surface area (Å²) < 4.78 is 0. The average Bonchev–Trinajstić information content (AvgIpc) is 2.36. The van der Waals surface area contributed by atoms with E-state index in [4.69, 9.17) is 5.11 Å². The highest BCUT2D eigenvalue weighted by Gasteiger charge is 2.16. The molecule has 0 bridgehead atoms. The molecule has 0 aliphatic rings. The number of hydrogen-bond donors (Lipinski definition) is 4. The van der Waals surface area contributed by atoms with Gasteiger partial charge in [0.05, 0.1) is 5.56 Å². The summed E-state index contributed by atoms with van der Waals surface area (Å²) in [6.07, 6.45) is 2.93. The van der Waals surface area contributed by atoms with Crippen molar-refractivity contribution in [3.05, 3.63) is 23.8 Å². The second-order valence-electron chi connectivity index (χ2n) is 5.01. The maximum atomic E-state index is 9.79. The van der Waals surface area contributed by atoms with Crippen molar-refractivity contribution in [2.75, 3.05) is 13.2 Å². The summed E-state index contributed by atoms with van der Waals surface area (Å²) in [7, 11) is 0. The Morgan fingerprint density at radius 1 is 1.16 bits per heavy atom. The zero-order chi connectivity index (χ0) is 14.3. The number of aliphatic hydroxyl groups is 1. The number of nitrogens with one attached hydrogen (secondary N) is 1. The summed E-state index contributed by atoms with van der Waals surface area (Å²) in [6.45, 7) is 5.01. The maximum Gasteiger partial charge on any atom is 0.124 e. The fourth-order valence-corrected chi connectivity index (χ4v) is 2.37. The normalized spacial score (nSPS) is 14.3. The number of hydrogen-bond acceptors (Lipinski definition) is 4. The summed E-state index contributed by atoms with van der Waals surface area (Å²) in [5, 5.41) is 31.9. The average molecular weight is 267 g/mol. The number of aromatic hydroxyl groups is 2. The van der Waals surface area contributed by atoms with Gasteiger partial charge in [0.2, 0.25) is 0 Å². The third-order valence-corrected chi connectivity index (χ3v) is 3.44. The SMILES string of the molecule is CCCC(CCO)CNC(C)c1c(O)cccc1O. The van der Waals surface area contributed by atoms with Gasteiger partial charge in [-0.15, -0.1) is 0 Å². The number of rotatable bonds is 8. The molecule has 4 N–H and O–H groups in total. The van der Waals surface area contributed by atoms with Crippen molar-refractivity contribution in [3.8, 4) is 11.5 Å². The first kappa shape index (κ1) is 15.8. The third-order valence-electron chi connectivity index (χ3n) is 3.44. The Kier molecular flexibility index (Phi) is 6.67. The van der Waals surface area contributed by atoms with Crippen molar-refractivity contribution in [3.63, 3.8) is 0 Å². The Balaban J connectivity index is 2.61. The van der Waals surface area contributed by atoms with Crippen molar-refractivity contribution in [2.24, 2.45) is 5.92 Å². The van der Waals surface area contributed by atoms with Crippen LogP contribution < -0.4 is 5.32 Å². The van der Waals surface area contributed by atoms with E-state index in [1.807, 2.05) is 6.92 Å². The van der Waals surface area contributed by atoms with Gasteiger partial charge in [-0.05, 0) is 44.4 Å². The van der Waals surface area contributed by atoms with Crippen LogP contribution in [0, 0.1) is 5.92 Å². The van der Waals surface area contributed by atoms with Gasteiger partial charge in [-0.3, -0.25) is 0 Å². The molecule has 0 saturated heterocycles. The molecule has 0 aliphatic heterocycles. The van der Waals surface area contributed by atoms with Gasteiger partial charge in [0.15, 0.2) is 0 Å². The molecule has 0 aliphatic carbocycles. The largest absolute Gasteiger partial charge is 0.507 e. The highest BCUT2D eigenvalue weighted by molar-refractivity contribution is 5.44. The zero-order valence-corrected chi connectivity index (χ0v) is 11.8. The predicted molar refractivity (Wildman–Crippen MR) is 76.3 cm³/mol. The van der Waals surface area contributed by atoms with Gasteiger partial charge in [-0.25, -0.2) is 0 Å². The lowest BCUT2D eigenvalue weighted by atomic mass is 9.99. The maximum absolute atomic E-state index is 9.79. The number of aliphatic hydroxyl groups excluding tert-OH is 1. The van der Waals surface area contributed by atoms with E-state index in [1.165, 1.54) is 0 Å². The van der Waals surface area contributed by atoms with Gasteiger partial charge in [0.25, 0.3) is 0 Å². The quantitative estimate of drug-likeness (QED) is 0.584. The summed E-state index contributed by atoms with van der Waals surface area (Å²) in [5.74, 6) is 0.633. The Labute approximate surface area is 115 Å². The van der Waals surface area contributed by atoms with E-state index < -0.39 is 0 Å². The molecule has 0 spiro atoms. The second-order valence-corrected chi connectivity index (χ2v) is 5.01. The van der Waals surface area contributed by atoms with Crippen LogP contribution in [0.15, 0.2) is 18.2 Å². The molecule has 2 unspecified atom stereocenters. The van der Waals surface area contributed by atoms with E-state index in [0.29, 0.717) is 11.5 Å². The molecule has 2 atom stereocenters. The number of phenols is 2. The van der Waals surface area contributed by atoms with Gasteiger partial charge in [-0.1, -0.05) is 19.4 Å². The minimum atomic E-state index is -0.126. The van der Waals surface area contributed by atoms with Crippen molar-refractivity contribution >= 4 is 0 Å². The van der Waals surface area contributed by atoms with Crippen molar-refractivity contribution in [1.82, 2.24) is 5.32 Å². The number of benzene rings is 1. The molecule has 19 heavy (non-hydrogen) atoms. The second kappa shape index (κ2) is 8.02. The zero-order valence-electron chi connectivity index (χ0n) is 11.8. The lowest BCUT2D eigenvalue weighted by Gasteiger charge is -2.21. The van der Waals surface area contributed by atoms with Crippen LogP contribution in [0.2, 0.25) is 0 Å². The van der Waals surface area contributed by atoms with Crippen LogP contribution in [0.1, 0.15) is 44.7 Å². The molecule has 0 radical (unpaired) electrons. The Morgan fingerprint density at radius 3 is 2.32 bits per heavy atom. The first-order valence-corrected chi connectivity index (χ1v) is 6.95. The molecule has 1 aromatic rings. The van der Waals surface area contributed by atoms with Crippen LogP contribution in [-0.4, -0.2) is 28.5 Å². The van der Waals surface area contributed by atoms with Gasteiger partial charge < -0.3 is 20.6 Å². The molecule has 0 aromatic heterocycles. The molecule has 0 heterocycles. The summed E-state index contributed by atoms with van der Waals surface area (Å²) in [5.41, 5.74) is 0.529. The predicted octanol–water partition coefficient (Wildman–Crippen LogP) is 2.55. The third kappa shape index (κ3) is 4.73. The number of phenolic OH excluding ortho intramolecular Hbond substituents is 2. The minimum Gasteiger partial charge on any atom is -0.507 e. The van der Waals surface area contributed by atoms with Gasteiger partial charge in [0.1, 0.15) is 11.5 Å². The van der Waals surface area contributed by atoms with E-state index in [-0.39, 0.29) is 24.1 Å². The summed E-state index contributed by atoms with van der Waals surface area (Å²) in [4.78, 5) is 0. The van der Waals surface area contributed by atoms with Gasteiger partial charge >= 0.3 is 0 Å².